The van der Waals surface area contributed by atoms with Gasteiger partial charge in [-0.2, -0.15) is 0 Å². The molecule has 8 heteroatoms. The number of rotatable bonds is 7. The Bertz CT molecular complexity index is 918. The molecule has 1 amide bonds. The number of carbonyl (C=O) groups excluding carboxylic acids is 1. The molecule has 0 aliphatic carbocycles. The molecule has 0 aliphatic heterocycles. The highest BCUT2D eigenvalue weighted by Gasteiger charge is 2.15. The van der Waals surface area contributed by atoms with Crippen LogP contribution in [0.2, 0.25) is 0 Å². The third-order valence-electron chi connectivity index (χ3n) is 3.48. The Labute approximate surface area is 168 Å². The molecule has 0 atom stereocenters. The van der Waals surface area contributed by atoms with Gasteiger partial charge in [-0.15, -0.1) is 28.1 Å². The summed E-state index contributed by atoms with van der Waals surface area (Å²) < 4.78 is 2.95. The van der Waals surface area contributed by atoms with Gasteiger partial charge in [0.1, 0.15) is 0 Å². The SMILES string of the molecule is C=CCn1c(SCC(=O)Nc2ccc(Br)cc2)nnc1-c1csc(C)c1. The number of nitrogens with one attached hydrogen (secondary N) is 1. The van der Waals surface area contributed by atoms with Gasteiger partial charge in [-0.25, -0.2) is 0 Å². The fraction of sp³-hybridized carbons (Fsp3) is 0.167. The number of thiophene rings is 1. The Morgan fingerprint density at radius 2 is 2.15 bits per heavy atom. The van der Waals surface area contributed by atoms with Crippen LogP contribution in [0.15, 0.2) is 58.0 Å². The summed E-state index contributed by atoms with van der Waals surface area (Å²) in [6, 6.07) is 9.56. The van der Waals surface area contributed by atoms with Gasteiger partial charge in [0.2, 0.25) is 5.91 Å². The molecule has 2 heterocycles. The molecule has 26 heavy (non-hydrogen) atoms. The lowest BCUT2D eigenvalue weighted by atomic mass is 10.3. The van der Waals surface area contributed by atoms with Crippen molar-refractivity contribution in [1.82, 2.24) is 14.8 Å². The molecule has 1 N–H and O–H groups in total. The molecule has 2 aromatic heterocycles. The van der Waals surface area contributed by atoms with Gasteiger partial charge in [-0.3, -0.25) is 9.36 Å². The first-order chi connectivity index (χ1) is 12.6. The van der Waals surface area contributed by atoms with Crippen LogP contribution in [0.1, 0.15) is 4.88 Å². The minimum atomic E-state index is -0.0848. The lowest BCUT2D eigenvalue weighted by molar-refractivity contribution is -0.113. The Morgan fingerprint density at radius 1 is 1.38 bits per heavy atom. The number of carbonyl (C=O) groups is 1. The number of aromatic nitrogens is 3. The summed E-state index contributed by atoms with van der Waals surface area (Å²) >= 11 is 6.41. The van der Waals surface area contributed by atoms with Gasteiger partial charge in [0.05, 0.1) is 5.75 Å². The highest BCUT2D eigenvalue weighted by molar-refractivity contribution is 9.10. The zero-order valence-corrected chi connectivity index (χ0v) is 17.3. The van der Waals surface area contributed by atoms with Crippen molar-refractivity contribution in [3.8, 4) is 11.4 Å². The molecule has 134 valence electrons. The van der Waals surface area contributed by atoms with E-state index in [1.165, 1.54) is 16.6 Å². The average Bonchev–Trinajstić information content (AvgIpc) is 3.22. The van der Waals surface area contributed by atoms with Gasteiger partial charge in [-0.1, -0.05) is 33.8 Å². The number of thioether (sulfide) groups is 1. The van der Waals surface area contributed by atoms with Crippen LogP contribution in [0.3, 0.4) is 0 Å². The average molecular weight is 449 g/mol. The molecule has 0 radical (unpaired) electrons. The maximum Gasteiger partial charge on any atom is 0.234 e. The fourth-order valence-electron chi connectivity index (χ4n) is 2.32. The van der Waals surface area contributed by atoms with E-state index in [2.05, 4.69) is 56.4 Å². The van der Waals surface area contributed by atoms with Gasteiger partial charge < -0.3 is 5.32 Å². The van der Waals surface area contributed by atoms with E-state index < -0.39 is 0 Å². The molecule has 0 spiro atoms. The highest BCUT2D eigenvalue weighted by atomic mass is 79.9. The van der Waals surface area contributed by atoms with Crippen molar-refractivity contribution in [2.24, 2.45) is 0 Å². The van der Waals surface area contributed by atoms with Crippen molar-refractivity contribution in [3.05, 3.63) is 57.7 Å². The van der Waals surface area contributed by atoms with Crippen LogP contribution in [0.25, 0.3) is 11.4 Å². The molecule has 1 aromatic carbocycles. The molecule has 0 fully saturated rings. The molecule has 0 unspecified atom stereocenters. The Morgan fingerprint density at radius 3 is 2.81 bits per heavy atom. The van der Waals surface area contributed by atoms with E-state index in [9.17, 15) is 4.79 Å². The van der Waals surface area contributed by atoms with Gasteiger partial charge in [0, 0.05) is 32.5 Å². The summed E-state index contributed by atoms with van der Waals surface area (Å²) in [4.78, 5) is 13.4. The first kappa shape index (κ1) is 18.9. The number of benzene rings is 1. The predicted octanol–water partition coefficient (Wildman–Crippen LogP) is 4.99. The van der Waals surface area contributed by atoms with Gasteiger partial charge in [-0.05, 0) is 37.3 Å². The smallest absolute Gasteiger partial charge is 0.234 e. The number of hydrogen-bond acceptors (Lipinski definition) is 5. The number of anilines is 1. The number of nitrogens with zero attached hydrogens (tertiary/aromatic N) is 3. The number of hydrogen-bond donors (Lipinski definition) is 1. The zero-order chi connectivity index (χ0) is 18.5. The molecule has 0 bridgehead atoms. The first-order valence-corrected chi connectivity index (χ1v) is 10.5. The Balaban J connectivity index is 1.69. The maximum absolute atomic E-state index is 12.2. The summed E-state index contributed by atoms with van der Waals surface area (Å²) in [6.45, 7) is 6.46. The second-order valence-electron chi connectivity index (χ2n) is 5.50. The van der Waals surface area contributed by atoms with Crippen LogP contribution in [0, 0.1) is 6.92 Å². The van der Waals surface area contributed by atoms with Crippen LogP contribution < -0.4 is 5.32 Å². The topological polar surface area (TPSA) is 59.8 Å². The van der Waals surface area contributed by atoms with Crippen LogP contribution in [0.5, 0.6) is 0 Å². The van der Waals surface area contributed by atoms with E-state index in [1.807, 2.05) is 28.8 Å². The first-order valence-electron chi connectivity index (χ1n) is 7.84. The Hall–Kier alpha value is -1.90. The second kappa shape index (κ2) is 8.66. The quantitative estimate of drug-likeness (QED) is 0.408. The minimum absolute atomic E-state index is 0.0848. The fourth-order valence-corrected chi connectivity index (χ4v) is 4.02. The molecule has 0 aliphatic rings. The van der Waals surface area contributed by atoms with Crippen LogP contribution in [-0.2, 0) is 11.3 Å². The second-order valence-corrected chi connectivity index (χ2v) is 8.47. The number of halogens is 1. The molecule has 3 rings (SSSR count). The third-order valence-corrected chi connectivity index (χ3v) is 5.83. The molecule has 5 nitrogen and oxygen atoms in total. The van der Waals surface area contributed by atoms with E-state index in [0.29, 0.717) is 11.7 Å². The molecule has 0 saturated heterocycles. The summed E-state index contributed by atoms with van der Waals surface area (Å²) in [5.74, 6) is 0.969. The molecule has 3 aromatic rings. The number of amides is 1. The van der Waals surface area contributed by atoms with Crippen molar-refractivity contribution in [1.29, 1.82) is 0 Å². The van der Waals surface area contributed by atoms with Crippen molar-refractivity contribution in [2.75, 3.05) is 11.1 Å². The van der Waals surface area contributed by atoms with Crippen LogP contribution in [-0.4, -0.2) is 26.4 Å². The van der Waals surface area contributed by atoms with E-state index in [0.717, 1.165) is 21.5 Å². The lowest BCUT2D eigenvalue weighted by Gasteiger charge is -2.07. The van der Waals surface area contributed by atoms with Gasteiger partial charge >= 0.3 is 0 Å². The summed E-state index contributed by atoms with van der Waals surface area (Å²) in [5.41, 5.74) is 1.80. The summed E-state index contributed by atoms with van der Waals surface area (Å²) in [7, 11) is 0. The van der Waals surface area contributed by atoms with Crippen molar-refractivity contribution >= 4 is 50.6 Å². The summed E-state index contributed by atoms with van der Waals surface area (Å²) in [5, 5.41) is 14.2. The van der Waals surface area contributed by atoms with E-state index in [1.54, 1.807) is 17.4 Å². The molecular formula is C18H17BrN4OS2. The van der Waals surface area contributed by atoms with Crippen molar-refractivity contribution in [3.63, 3.8) is 0 Å². The normalized spacial score (nSPS) is 10.7. The number of allylic oxidation sites excluding steroid dienone is 1. The highest BCUT2D eigenvalue weighted by Crippen LogP contribution is 2.27. The van der Waals surface area contributed by atoms with E-state index in [4.69, 9.17) is 0 Å². The minimum Gasteiger partial charge on any atom is -0.325 e. The number of aryl methyl sites for hydroxylation is 1. The van der Waals surface area contributed by atoms with Crippen LogP contribution >= 0.6 is 39.0 Å². The lowest BCUT2D eigenvalue weighted by Crippen LogP contribution is -2.14. The van der Waals surface area contributed by atoms with Gasteiger partial charge in [0.15, 0.2) is 11.0 Å². The van der Waals surface area contributed by atoms with E-state index >= 15 is 0 Å². The van der Waals surface area contributed by atoms with E-state index in [-0.39, 0.29) is 11.7 Å². The van der Waals surface area contributed by atoms with Crippen LogP contribution in [0.4, 0.5) is 5.69 Å². The third kappa shape index (κ3) is 4.63. The van der Waals surface area contributed by atoms with Gasteiger partial charge in [0.25, 0.3) is 0 Å². The van der Waals surface area contributed by atoms with Crippen molar-refractivity contribution in [2.45, 2.75) is 18.6 Å². The monoisotopic (exact) mass is 448 g/mol. The largest absolute Gasteiger partial charge is 0.325 e. The zero-order valence-electron chi connectivity index (χ0n) is 14.1. The predicted molar refractivity (Wildman–Crippen MR) is 112 cm³/mol. The molecular weight excluding hydrogens is 432 g/mol. The Kier molecular flexibility index (Phi) is 6.29. The molecule has 0 saturated carbocycles. The maximum atomic E-state index is 12.2. The standard InChI is InChI=1S/C18H17BrN4OS2/c1-3-8-23-17(13-9-12(2)25-10-13)21-22-18(23)26-11-16(24)20-15-6-4-14(19)5-7-15/h3-7,9-10H,1,8,11H2,2H3,(H,20,24). The van der Waals surface area contributed by atoms with Crippen molar-refractivity contribution < 1.29 is 4.79 Å². The summed E-state index contributed by atoms with van der Waals surface area (Å²) in [6.07, 6.45) is 1.80.